The van der Waals surface area contributed by atoms with Crippen molar-refractivity contribution in [1.82, 2.24) is 10.2 Å². The van der Waals surface area contributed by atoms with Crippen LogP contribution in [0.2, 0.25) is 0 Å². The van der Waals surface area contributed by atoms with Gasteiger partial charge in [-0.15, -0.1) is 11.8 Å². The van der Waals surface area contributed by atoms with Crippen LogP contribution >= 0.6 is 23.1 Å². The number of carboxylic acid groups (broad SMARTS) is 1. The molecular weight excluding hydrogens is 398 g/mol. The van der Waals surface area contributed by atoms with Crippen molar-refractivity contribution in [3.05, 3.63) is 64.3 Å². The number of thioether (sulfide) groups is 1. The van der Waals surface area contributed by atoms with Gasteiger partial charge >= 0.3 is 5.97 Å². The molecule has 4 heterocycles. The number of hydrogen-bond donors (Lipinski definition) is 2. The summed E-state index contributed by atoms with van der Waals surface area (Å²) in [7, 11) is 0. The van der Waals surface area contributed by atoms with E-state index in [1.807, 2.05) is 52.0 Å². The van der Waals surface area contributed by atoms with Gasteiger partial charge in [-0.25, -0.2) is 9.36 Å². The second-order valence-electron chi connectivity index (χ2n) is 6.57. The monoisotopic (exact) mass is 416 g/mol. The first-order chi connectivity index (χ1) is 13.5. The molecule has 2 atom stereocenters. The van der Waals surface area contributed by atoms with Gasteiger partial charge in [0.1, 0.15) is 17.1 Å². The second-order valence-corrected chi connectivity index (χ2v) is 8.45. The number of pyridine rings is 1. The third-order valence-electron chi connectivity index (χ3n) is 4.66. The number of thiophene rings is 1. The van der Waals surface area contributed by atoms with E-state index in [0.29, 0.717) is 17.9 Å². The van der Waals surface area contributed by atoms with Crippen LogP contribution in [0.1, 0.15) is 5.56 Å². The van der Waals surface area contributed by atoms with Crippen molar-refractivity contribution in [3.63, 3.8) is 0 Å². The molecule has 7 nitrogen and oxygen atoms in total. The van der Waals surface area contributed by atoms with Crippen LogP contribution < -0.4 is 9.88 Å². The summed E-state index contributed by atoms with van der Waals surface area (Å²) >= 11 is 2.99. The van der Waals surface area contributed by atoms with Crippen LogP contribution in [0.25, 0.3) is 0 Å². The van der Waals surface area contributed by atoms with Crippen molar-refractivity contribution >= 4 is 40.9 Å². The highest BCUT2D eigenvalue weighted by Crippen LogP contribution is 2.40. The van der Waals surface area contributed by atoms with Gasteiger partial charge in [-0.2, -0.15) is 11.3 Å². The van der Waals surface area contributed by atoms with Crippen LogP contribution in [0.3, 0.4) is 0 Å². The van der Waals surface area contributed by atoms with Gasteiger partial charge in [0.2, 0.25) is 5.91 Å². The number of hydrogen-bond acceptors (Lipinski definition) is 5. The summed E-state index contributed by atoms with van der Waals surface area (Å²) in [6.45, 7) is 0.404. The van der Waals surface area contributed by atoms with Crippen LogP contribution in [0.15, 0.2) is 58.7 Å². The number of carboxylic acids is 1. The highest BCUT2D eigenvalue weighted by atomic mass is 32.2. The highest BCUT2D eigenvalue weighted by Gasteiger charge is 2.54. The van der Waals surface area contributed by atoms with E-state index in [2.05, 4.69) is 5.32 Å². The first kappa shape index (κ1) is 18.7. The van der Waals surface area contributed by atoms with Crippen LogP contribution in [0.4, 0.5) is 0 Å². The molecule has 1 fully saturated rings. The molecule has 0 radical (unpaired) electrons. The minimum absolute atomic E-state index is 0.0356. The summed E-state index contributed by atoms with van der Waals surface area (Å²) in [5.74, 6) is -1.23. The van der Waals surface area contributed by atoms with E-state index in [0.717, 1.165) is 5.56 Å². The summed E-state index contributed by atoms with van der Waals surface area (Å²) in [6.07, 6.45) is 3.92. The van der Waals surface area contributed by atoms with Crippen molar-refractivity contribution in [2.75, 3.05) is 5.75 Å². The lowest BCUT2D eigenvalue weighted by atomic mass is 10.0. The number of rotatable bonds is 6. The van der Waals surface area contributed by atoms with Crippen LogP contribution in [0, 0.1) is 0 Å². The van der Waals surface area contributed by atoms with Crippen molar-refractivity contribution in [2.24, 2.45) is 0 Å². The standard InChI is InChI=1S/C19H17N3O4S2/c23-14(8-12-4-7-27-10-12)20-15-17(24)22-16(19(25)26)13(11-28-18(15)22)9-21-5-2-1-3-6-21/h1-7,10,15,18H,8-9,11H2,(H-,20,23,25,26)/p+1/t15-,18-/m1/s1. The normalized spacial score (nSPS) is 21.1. The van der Waals surface area contributed by atoms with Gasteiger partial charge < -0.3 is 10.4 Å². The van der Waals surface area contributed by atoms with Gasteiger partial charge in [0.05, 0.1) is 6.42 Å². The number of aliphatic carboxylic acids is 1. The number of nitrogens with zero attached hydrogens (tertiary/aromatic N) is 2. The Kier molecular flexibility index (Phi) is 5.19. The molecule has 28 heavy (non-hydrogen) atoms. The Hall–Kier alpha value is -2.65. The molecule has 0 unspecified atom stereocenters. The molecule has 0 bridgehead atoms. The Labute approximate surface area is 169 Å². The summed E-state index contributed by atoms with van der Waals surface area (Å²) in [5, 5.41) is 15.9. The average molecular weight is 417 g/mol. The number of nitrogens with one attached hydrogen (secondary N) is 1. The van der Waals surface area contributed by atoms with E-state index < -0.39 is 12.0 Å². The second kappa shape index (κ2) is 7.76. The molecular formula is C19H18N3O4S2+. The largest absolute Gasteiger partial charge is 0.477 e. The molecule has 0 saturated carbocycles. The van der Waals surface area contributed by atoms with Gasteiger partial charge in [-0.1, -0.05) is 6.07 Å². The third kappa shape index (κ3) is 3.55. The maximum absolute atomic E-state index is 12.6. The zero-order chi connectivity index (χ0) is 19.7. The summed E-state index contributed by atoms with van der Waals surface area (Å²) in [4.78, 5) is 38.1. The van der Waals surface area contributed by atoms with Crippen molar-refractivity contribution in [1.29, 1.82) is 0 Å². The minimum Gasteiger partial charge on any atom is -0.477 e. The van der Waals surface area contributed by atoms with Gasteiger partial charge in [0.15, 0.2) is 18.9 Å². The number of amides is 2. The minimum atomic E-state index is -1.12. The van der Waals surface area contributed by atoms with E-state index in [-0.39, 0.29) is 29.3 Å². The molecule has 0 aromatic carbocycles. The molecule has 144 valence electrons. The smallest absolute Gasteiger partial charge is 0.352 e. The zero-order valence-electron chi connectivity index (χ0n) is 14.8. The van der Waals surface area contributed by atoms with E-state index in [9.17, 15) is 19.5 Å². The molecule has 4 rings (SSSR count). The fourth-order valence-corrected chi connectivity index (χ4v) is 5.37. The van der Waals surface area contributed by atoms with E-state index in [1.165, 1.54) is 28.0 Å². The number of carbonyl (C=O) groups is 3. The Balaban J connectivity index is 1.49. The topological polar surface area (TPSA) is 90.6 Å². The van der Waals surface area contributed by atoms with Crippen LogP contribution in [-0.4, -0.2) is 45.0 Å². The SMILES string of the molecule is O=C(Cc1ccsc1)N[C@@H]1C(=O)N2C(C(=O)O)=C(C[n+]3ccccc3)CS[C@H]12. The first-order valence-corrected chi connectivity index (χ1v) is 10.7. The molecule has 0 aliphatic carbocycles. The Morgan fingerprint density at radius 3 is 2.75 bits per heavy atom. The molecule has 9 heteroatoms. The summed E-state index contributed by atoms with van der Waals surface area (Å²) in [6, 6.07) is 6.81. The lowest BCUT2D eigenvalue weighted by Crippen LogP contribution is -2.70. The third-order valence-corrected chi connectivity index (χ3v) is 6.73. The average Bonchev–Trinajstić information content (AvgIpc) is 3.19. The lowest BCUT2D eigenvalue weighted by molar-refractivity contribution is -0.689. The Morgan fingerprint density at radius 2 is 2.07 bits per heavy atom. The molecule has 0 spiro atoms. The van der Waals surface area contributed by atoms with Crippen LogP contribution in [-0.2, 0) is 27.3 Å². The Morgan fingerprint density at radius 1 is 1.29 bits per heavy atom. The molecule has 2 aliphatic rings. The maximum atomic E-state index is 12.6. The zero-order valence-corrected chi connectivity index (χ0v) is 16.4. The van der Waals surface area contributed by atoms with E-state index >= 15 is 0 Å². The van der Waals surface area contributed by atoms with E-state index in [1.54, 1.807) is 0 Å². The van der Waals surface area contributed by atoms with Gasteiger partial charge in [0, 0.05) is 23.5 Å². The van der Waals surface area contributed by atoms with Crippen molar-refractivity contribution in [2.45, 2.75) is 24.4 Å². The summed E-state index contributed by atoms with van der Waals surface area (Å²) < 4.78 is 1.88. The van der Waals surface area contributed by atoms with Gasteiger partial charge in [-0.05, 0) is 22.4 Å². The van der Waals surface area contributed by atoms with Crippen molar-refractivity contribution < 1.29 is 24.1 Å². The first-order valence-electron chi connectivity index (χ1n) is 8.69. The van der Waals surface area contributed by atoms with Gasteiger partial charge in [0.25, 0.3) is 5.91 Å². The highest BCUT2D eigenvalue weighted by molar-refractivity contribution is 8.00. The molecule has 2 aliphatic heterocycles. The number of aromatic nitrogens is 1. The lowest BCUT2D eigenvalue weighted by Gasteiger charge is -2.49. The fourth-order valence-electron chi connectivity index (χ4n) is 3.37. The summed E-state index contributed by atoms with van der Waals surface area (Å²) in [5.41, 5.74) is 1.62. The van der Waals surface area contributed by atoms with Gasteiger partial charge in [-0.3, -0.25) is 14.5 Å². The number of fused-ring (bicyclic) bond motifs is 1. The predicted octanol–water partition coefficient (Wildman–Crippen LogP) is 1.02. The molecule has 2 amide bonds. The van der Waals surface area contributed by atoms with E-state index in [4.69, 9.17) is 0 Å². The number of carbonyl (C=O) groups excluding carboxylic acids is 2. The molecule has 2 N–H and O–H groups in total. The van der Waals surface area contributed by atoms with Crippen LogP contribution in [0.5, 0.6) is 0 Å². The quantitative estimate of drug-likeness (QED) is 0.542. The Bertz CT molecular complexity index is 943. The molecule has 1 saturated heterocycles. The number of β-lactam (4-membered cyclic amide) rings is 1. The molecule has 2 aromatic heterocycles. The van der Waals surface area contributed by atoms with Crippen molar-refractivity contribution in [3.8, 4) is 0 Å². The fraction of sp³-hybridized carbons (Fsp3) is 0.263. The predicted molar refractivity (Wildman–Crippen MR) is 104 cm³/mol. The maximum Gasteiger partial charge on any atom is 0.352 e. The molecule has 2 aromatic rings.